The van der Waals surface area contributed by atoms with Gasteiger partial charge in [-0.25, -0.2) is 4.79 Å². The molecule has 0 bridgehead atoms. The standard InChI is InChI=1S/C19H22ClN3O5/c1-19(13-5-6-13)17(26)23(18(27)22-19)10-16(25)28-11-15(24)21-8-7-12-3-2-4-14(20)9-12/h2-4,9,13H,5-8,10-11H2,1H3,(H,21,24)(H,22,27)/t19-/m0/s1. The van der Waals surface area contributed by atoms with Gasteiger partial charge >= 0.3 is 12.0 Å². The molecular formula is C19H22ClN3O5. The lowest BCUT2D eigenvalue weighted by atomic mass is 9.96. The Morgan fingerprint density at radius 2 is 2.11 bits per heavy atom. The van der Waals surface area contributed by atoms with E-state index in [1.54, 1.807) is 19.1 Å². The van der Waals surface area contributed by atoms with Crippen LogP contribution in [0.3, 0.4) is 0 Å². The largest absolute Gasteiger partial charge is 0.454 e. The third-order valence-electron chi connectivity index (χ3n) is 4.97. The zero-order valence-corrected chi connectivity index (χ0v) is 16.3. The molecule has 8 nitrogen and oxygen atoms in total. The molecule has 1 saturated heterocycles. The molecule has 150 valence electrons. The Labute approximate surface area is 167 Å². The maximum Gasteiger partial charge on any atom is 0.326 e. The summed E-state index contributed by atoms with van der Waals surface area (Å²) in [5.74, 6) is -1.60. The fourth-order valence-corrected chi connectivity index (χ4v) is 3.42. The number of nitrogens with zero attached hydrogens (tertiary/aromatic N) is 1. The summed E-state index contributed by atoms with van der Waals surface area (Å²) in [7, 11) is 0. The number of carbonyl (C=O) groups excluding carboxylic acids is 4. The average Bonchev–Trinajstić information content (AvgIpc) is 3.46. The summed E-state index contributed by atoms with van der Waals surface area (Å²) in [4.78, 5) is 49.0. The first-order valence-corrected chi connectivity index (χ1v) is 9.48. The van der Waals surface area contributed by atoms with Crippen LogP contribution in [0.4, 0.5) is 4.79 Å². The van der Waals surface area contributed by atoms with E-state index in [9.17, 15) is 19.2 Å². The van der Waals surface area contributed by atoms with Crippen LogP contribution in [0.15, 0.2) is 24.3 Å². The van der Waals surface area contributed by atoms with Gasteiger partial charge in [0, 0.05) is 11.6 Å². The molecule has 2 N–H and O–H groups in total. The van der Waals surface area contributed by atoms with Crippen LogP contribution in [-0.4, -0.2) is 54.0 Å². The normalized spacial score (nSPS) is 21.4. The van der Waals surface area contributed by atoms with Crippen molar-refractivity contribution in [2.45, 2.75) is 31.7 Å². The Bertz CT molecular complexity index is 811. The quantitative estimate of drug-likeness (QED) is 0.498. The Morgan fingerprint density at radius 1 is 1.36 bits per heavy atom. The first-order valence-electron chi connectivity index (χ1n) is 9.10. The highest BCUT2D eigenvalue weighted by Crippen LogP contribution is 2.42. The van der Waals surface area contributed by atoms with E-state index in [1.165, 1.54) is 0 Å². The first-order chi connectivity index (χ1) is 13.3. The van der Waals surface area contributed by atoms with Crippen LogP contribution in [0.5, 0.6) is 0 Å². The van der Waals surface area contributed by atoms with Gasteiger partial charge in [-0.05, 0) is 49.8 Å². The highest BCUT2D eigenvalue weighted by atomic mass is 35.5. The molecule has 0 aromatic heterocycles. The van der Waals surface area contributed by atoms with Crippen LogP contribution in [0.25, 0.3) is 0 Å². The maximum absolute atomic E-state index is 12.4. The molecule has 1 aromatic rings. The molecule has 1 heterocycles. The molecule has 1 atom stereocenters. The minimum atomic E-state index is -0.949. The molecule has 28 heavy (non-hydrogen) atoms. The molecular weight excluding hydrogens is 386 g/mol. The van der Waals surface area contributed by atoms with Crippen molar-refractivity contribution in [1.29, 1.82) is 0 Å². The lowest BCUT2D eigenvalue weighted by Crippen LogP contribution is -2.46. The highest BCUT2D eigenvalue weighted by Gasteiger charge is 2.56. The van der Waals surface area contributed by atoms with Gasteiger partial charge in [0.2, 0.25) is 0 Å². The Kier molecular flexibility index (Phi) is 5.88. The Morgan fingerprint density at radius 3 is 2.79 bits per heavy atom. The molecule has 4 amide bonds. The van der Waals surface area contributed by atoms with Gasteiger partial charge in [0.25, 0.3) is 11.8 Å². The second-order valence-corrected chi connectivity index (χ2v) is 7.63. The van der Waals surface area contributed by atoms with Crippen LogP contribution in [-0.2, 0) is 25.5 Å². The van der Waals surface area contributed by atoms with Crippen molar-refractivity contribution in [3.63, 3.8) is 0 Å². The number of imide groups is 1. The number of urea groups is 1. The van der Waals surface area contributed by atoms with Crippen LogP contribution in [0.1, 0.15) is 25.3 Å². The summed E-state index contributed by atoms with van der Waals surface area (Å²) in [5, 5.41) is 5.91. The van der Waals surface area contributed by atoms with E-state index in [-0.39, 0.29) is 5.92 Å². The average molecular weight is 408 g/mol. The summed E-state index contributed by atoms with van der Waals surface area (Å²) < 4.78 is 4.88. The van der Waals surface area contributed by atoms with E-state index in [2.05, 4.69) is 10.6 Å². The van der Waals surface area contributed by atoms with Gasteiger partial charge < -0.3 is 15.4 Å². The molecule has 1 saturated carbocycles. The van der Waals surface area contributed by atoms with Crippen molar-refractivity contribution >= 4 is 35.4 Å². The number of carbonyl (C=O) groups is 4. The Balaban J connectivity index is 1.38. The van der Waals surface area contributed by atoms with Gasteiger partial charge in [-0.15, -0.1) is 0 Å². The number of amides is 4. The van der Waals surface area contributed by atoms with Gasteiger partial charge in [-0.1, -0.05) is 23.7 Å². The number of esters is 1. The van der Waals surface area contributed by atoms with Crippen molar-refractivity contribution in [3.8, 4) is 0 Å². The summed E-state index contributed by atoms with van der Waals surface area (Å²) in [5.41, 5.74) is 0.0248. The molecule has 0 spiro atoms. The van der Waals surface area contributed by atoms with E-state index in [0.717, 1.165) is 23.3 Å². The van der Waals surface area contributed by atoms with Gasteiger partial charge in [0.15, 0.2) is 6.61 Å². The summed E-state index contributed by atoms with van der Waals surface area (Å²) >= 11 is 5.90. The zero-order valence-electron chi connectivity index (χ0n) is 15.5. The summed E-state index contributed by atoms with van der Waals surface area (Å²) in [6.07, 6.45) is 2.33. The predicted molar refractivity (Wildman–Crippen MR) is 100 cm³/mol. The number of halogens is 1. The summed E-state index contributed by atoms with van der Waals surface area (Å²) in [6.45, 7) is 1.05. The lowest BCUT2D eigenvalue weighted by Gasteiger charge is -2.20. The maximum atomic E-state index is 12.4. The third kappa shape index (κ3) is 4.62. The molecule has 1 aliphatic heterocycles. The SMILES string of the molecule is C[C@@]1(C2CC2)NC(=O)N(CC(=O)OCC(=O)NCCc2cccc(Cl)c2)C1=O. The molecule has 1 aromatic carbocycles. The minimum Gasteiger partial charge on any atom is -0.454 e. The number of hydrogen-bond donors (Lipinski definition) is 2. The van der Waals surface area contributed by atoms with Gasteiger partial charge in [-0.3, -0.25) is 19.3 Å². The van der Waals surface area contributed by atoms with E-state index in [1.807, 2.05) is 12.1 Å². The molecule has 2 aliphatic rings. The molecule has 9 heteroatoms. The van der Waals surface area contributed by atoms with Gasteiger partial charge in [0.05, 0.1) is 0 Å². The highest BCUT2D eigenvalue weighted by molar-refractivity contribution is 6.30. The van der Waals surface area contributed by atoms with E-state index in [0.29, 0.717) is 18.0 Å². The van der Waals surface area contributed by atoms with Crippen molar-refractivity contribution in [2.75, 3.05) is 19.7 Å². The van der Waals surface area contributed by atoms with Crippen molar-refractivity contribution < 1.29 is 23.9 Å². The van der Waals surface area contributed by atoms with E-state index < -0.39 is 42.5 Å². The van der Waals surface area contributed by atoms with E-state index in [4.69, 9.17) is 16.3 Å². The number of benzene rings is 1. The van der Waals surface area contributed by atoms with Crippen molar-refractivity contribution in [1.82, 2.24) is 15.5 Å². The first kappa shape index (κ1) is 20.1. The number of nitrogens with one attached hydrogen (secondary N) is 2. The summed E-state index contributed by atoms with van der Waals surface area (Å²) in [6, 6.07) is 6.68. The van der Waals surface area contributed by atoms with Crippen molar-refractivity contribution in [2.24, 2.45) is 5.92 Å². The van der Waals surface area contributed by atoms with Crippen LogP contribution >= 0.6 is 11.6 Å². The second kappa shape index (κ2) is 8.18. The van der Waals surface area contributed by atoms with Gasteiger partial charge in [0.1, 0.15) is 12.1 Å². The van der Waals surface area contributed by atoms with E-state index >= 15 is 0 Å². The smallest absolute Gasteiger partial charge is 0.326 e. The monoisotopic (exact) mass is 407 g/mol. The fraction of sp³-hybridized carbons (Fsp3) is 0.474. The number of ether oxygens (including phenoxy) is 1. The third-order valence-corrected chi connectivity index (χ3v) is 5.21. The topological polar surface area (TPSA) is 105 Å². The molecule has 2 fully saturated rings. The van der Waals surface area contributed by atoms with Gasteiger partial charge in [-0.2, -0.15) is 0 Å². The number of rotatable bonds is 8. The number of hydrogen-bond acceptors (Lipinski definition) is 5. The molecule has 3 rings (SSSR count). The zero-order chi connectivity index (χ0) is 20.3. The predicted octanol–water partition coefficient (Wildman–Crippen LogP) is 1.26. The second-order valence-electron chi connectivity index (χ2n) is 7.19. The molecule has 0 unspecified atom stereocenters. The fourth-order valence-electron chi connectivity index (χ4n) is 3.21. The minimum absolute atomic E-state index is 0.107. The Hall–Kier alpha value is -2.61. The van der Waals surface area contributed by atoms with Crippen LogP contribution < -0.4 is 10.6 Å². The lowest BCUT2D eigenvalue weighted by molar-refractivity contribution is -0.151. The van der Waals surface area contributed by atoms with Crippen molar-refractivity contribution in [3.05, 3.63) is 34.9 Å². The molecule has 0 radical (unpaired) electrons. The van der Waals surface area contributed by atoms with Crippen LogP contribution in [0, 0.1) is 5.92 Å². The van der Waals surface area contributed by atoms with Crippen LogP contribution in [0.2, 0.25) is 5.02 Å². The molecule has 1 aliphatic carbocycles.